The normalized spacial score (nSPS) is 10.6. The zero-order valence-corrected chi connectivity index (χ0v) is 21.4. The number of ether oxygens (including phenoxy) is 3. The second-order valence-corrected chi connectivity index (χ2v) is 8.40. The maximum absolute atomic E-state index is 12.7. The van der Waals surface area contributed by atoms with Crippen molar-refractivity contribution in [1.82, 2.24) is 10.7 Å². The predicted octanol–water partition coefficient (Wildman–Crippen LogP) is 3.87. The molecule has 0 aliphatic rings. The first-order chi connectivity index (χ1) is 17.3. The summed E-state index contributed by atoms with van der Waals surface area (Å²) in [6.07, 6.45) is 1.34. The van der Waals surface area contributed by atoms with Crippen molar-refractivity contribution in [3.63, 3.8) is 0 Å². The van der Waals surface area contributed by atoms with Crippen LogP contribution in [-0.4, -0.2) is 44.8 Å². The molecule has 10 heteroatoms. The largest absolute Gasteiger partial charge is 0.493 e. The maximum atomic E-state index is 12.7. The number of aryl methyl sites for hydroxylation is 1. The number of carbonyl (C=O) groups excluding carboxylic acids is 3. The summed E-state index contributed by atoms with van der Waals surface area (Å²) in [4.78, 5) is 37.0. The summed E-state index contributed by atoms with van der Waals surface area (Å²) in [5, 5.41) is 6.45. The van der Waals surface area contributed by atoms with Crippen molar-refractivity contribution >= 4 is 39.9 Å². The van der Waals surface area contributed by atoms with E-state index in [4.69, 9.17) is 14.2 Å². The van der Waals surface area contributed by atoms with Gasteiger partial charge in [0, 0.05) is 15.6 Å². The van der Waals surface area contributed by atoms with Gasteiger partial charge in [0.25, 0.3) is 11.8 Å². The van der Waals surface area contributed by atoms with E-state index in [1.165, 1.54) is 26.5 Å². The van der Waals surface area contributed by atoms with Crippen molar-refractivity contribution in [2.75, 3.05) is 20.8 Å². The SMILES string of the molecule is COc1ccc(C(=O)Oc2ccc(Br)cc2C=NNC(=O)CNC(=O)c2cccc(C)c2)cc1OC. The molecule has 2 amide bonds. The lowest BCUT2D eigenvalue weighted by Gasteiger charge is -2.11. The molecule has 0 saturated heterocycles. The molecule has 0 aliphatic heterocycles. The van der Waals surface area contributed by atoms with Crippen LogP contribution in [-0.2, 0) is 4.79 Å². The van der Waals surface area contributed by atoms with Gasteiger partial charge in [0.2, 0.25) is 0 Å². The van der Waals surface area contributed by atoms with Crippen LogP contribution >= 0.6 is 15.9 Å². The molecule has 0 aromatic heterocycles. The highest BCUT2D eigenvalue weighted by Crippen LogP contribution is 2.29. The summed E-state index contributed by atoms with van der Waals surface area (Å²) in [6, 6.07) is 16.7. The van der Waals surface area contributed by atoms with Gasteiger partial charge in [-0.2, -0.15) is 5.10 Å². The molecule has 36 heavy (non-hydrogen) atoms. The van der Waals surface area contributed by atoms with Crippen molar-refractivity contribution in [3.05, 3.63) is 87.4 Å². The van der Waals surface area contributed by atoms with Gasteiger partial charge in [-0.15, -0.1) is 0 Å². The Morgan fingerprint density at radius 3 is 2.39 bits per heavy atom. The van der Waals surface area contributed by atoms with E-state index < -0.39 is 11.9 Å². The number of esters is 1. The van der Waals surface area contributed by atoms with Crippen molar-refractivity contribution < 1.29 is 28.6 Å². The predicted molar refractivity (Wildman–Crippen MR) is 138 cm³/mol. The first kappa shape index (κ1) is 26.4. The molecule has 0 fully saturated rings. The number of benzene rings is 3. The third-order valence-electron chi connectivity index (χ3n) is 4.88. The Morgan fingerprint density at radius 2 is 1.67 bits per heavy atom. The Labute approximate surface area is 216 Å². The number of nitrogens with zero attached hydrogens (tertiary/aromatic N) is 1. The van der Waals surface area contributed by atoms with Gasteiger partial charge in [0.1, 0.15) is 5.75 Å². The highest BCUT2D eigenvalue weighted by molar-refractivity contribution is 9.10. The van der Waals surface area contributed by atoms with E-state index in [9.17, 15) is 14.4 Å². The lowest BCUT2D eigenvalue weighted by atomic mass is 10.1. The van der Waals surface area contributed by atoms with E-state index >= 15 is 0 Å². The van der Waals surface area contributed by atoms with Crippen LogP contribution in [0.4, 0.5) is 0 Å². The van der Waals surface area contributed by atoms with Gasteiger partial charge < -0.3 is 19.5 Å². The number of amides is 2. The Bertz CT molecular complexity index is 1310. The average Bonchev–Trinajstić information content (AvgIpc) is 2.88. The van der Waals surface area contributed by atoms with E-state index in [0.717, 1.165) is 5.56 Å². The van der Waals surface area contributed by atoms with E-state index in [2.05, 4.69) is 31.8 Å². The Morgan fingerprint density at radius 1 is 0.917 bits per heavy atom. The standard InChI is InChI=1S/C26H24BrN3O6/c1-16-5-4-6-17(11-16)25(32)28-15-24(31)30-29-14-19-12-20(27)8-10-21(19)36-26(33)18-7-9-22(34-2)23(13-18)35-3/h4-14H,15H2,1-3H3,(H,28,32)(H,30,31). The Kier molecular flexibility index (Phi) is 9.18. The summed E-state index contributed by atoms with van der Waals surface area (Å²) in [6.45, 7) is 1.61. The van der Waals surface area contributed by atoms with E-state index in [-0.39, 0.29) is 23.8 Å². The molecule has 0 heterocycles. The number of hydrogen-bond acceptors (Lipinski definition) is 7. The summed E-state index contributed by atoms with van der Waals surface area (Å²) in [5.74, 6) is -0.405. The lowest BCUT2D eigenvalue weighted by Crippen LogP contribution is -2.34. The quantitative estimate of drug-likeness (QED) is 0.180. The molecule has 2 N–H and O–H groups in total. The highest BCUT2D eigenvalue weighted by Gasteiger charge is 2.15. The molecule has 0 unspecified atom stereocenters. The number of carbonyl (C=O) groups is 3. The summed E-state index contributed by atoms with van der Waals surface area (Å²) < 4.78 is 16.7. The van der Waals surface area contributed by atoms with Crippen molar-refractivity contribution in [1.29, 1.82) is 0 Å². The topological polar surface area (TPSA) is 115 Å². The molecular formula is C26H24BrN3O6. The summed E-state index contributed by atoms with van der Waals surface area (Å²) in [7, 11) is 2.97. The highest BCUT2D eigenvalue weighted by atomic mass is 79.9. The lowest BCUT2D eigenvalue weighted by molar-refractivity contribution is -0.120. The van der Waals surface area contributed by atoms with Crippen LogP contribution < -0.4 is 25.0 Å². The number of methoxy groups -OCH3 is 2. The van der Waals surface area contributed by atoms with E-state index in [1.54, 1.807) is 48.5 Å². The van der Waals surface area contributed by atoms with Crippen LogP contribution in [0.2, 0.25) is 0 Å². The van der Waals surface area contributed by atoms with Crippen LogP contribution in [0.3, 0.4) is 0 Å². The molecule has 0 bridgehead atoms. The molecule has 0 saturated carbocycles. The zero-order valence-electron chi connectivity index (χ0n) is 19.8. The first-order valence-electron chi connectivity index (χ1n) is 10.7. The van der Waals surface area contributed by atoms with Gasteiger partial charge in [-0.1, -0.05) is 33.6 Å². The molecule has 3 rings (SSSR count). The van der Waals surface area contributed by atoms with Crippen molar-refractivity contribution in [2.24, 2.45) is 5.10 Å². The molecule has 3 aromatic rings. The Balaban J connectivity index is 1.63. The minimum Gasteiger partial charge on any atom is -0.493 e. The fourth-order valence-electron chi connectivity index (χ4n) is 3.10. The average molecular weight is 554 g/mol. The third-order valence-corrected chi connectivity index (χ3v) is 5.37. The fraction of sp³-hybridized carbons (Fsp3) is 0.154. The minimum absolute atomic E-state index is 0.226. The molecule has 9 nitrogen and oxygen atoms in total. The zero-order chi connectivity index (χ0) is 26.1. The van der Waals surface area contributed by atoms with Gasteiger partial charge in [-0.25, -0.2) is 10.2 Å². The Hall–Kier alpha value is -4.18. The maximum Gasteiger partial charge on any atom is 0.343 e. The number of hydrogen-bond donors (Lipinski definition) is 2. The second-order valence-electron chi connectivity index (χ2n) is 7.49. The van der Waals surface area contributed by atoms with Gasteiger partial charge in [0.05, 0.1) is 32.5 Å². The van der Waals surface area contributed by atoms with E-state index in [1.807, 2.05) is 13.0 Å². The van der Waals surface area contributed by atoms with E-state index in [0.29, 0.717) is 27.1 Å². The van der Waals surface area contributed by atoms with Crippen molar-refractivity contribution in [2.45, 2.75) is 6.92 Å². The van der Waals surface area contributed by atoms with Gasteiger partial charge in [-0.3, -0.25) is 9.59 Å². The summed E-state index contributed by atoms with van der Waals surface area (Å²) in [5.41, 5.74) is 4.43. The van der Waals surface area contributed by atoms with Crippen LogP contribution in [0.5, 0.6) is 17.2 Å². The number of nitrogens with one attached hydrogen (secondary N) is 2. The smallest absolute Gasteiger partial charge is 0.343 e. The third kappa shape index (κ3) is 7.16. The number of halogens is 1. The van der Waals surface area contributed by atoms with Crippen LogP contribution in [0.15, 0.2) is 70.2 Å². The van der Waals surface area contributed by atoms with Crippen LogP contribution in [0.1, 0.15) is 31.8 Å². The summed E-state index contributed by atoms with van der Waals surface area (Å²) >= 11 is 3.36. The molecule has 186 valence electrons. The molecule has 0 aliphatic carbocycles. The molecule has 0 radical (unpaired) electrons. The van der Waals surface area contributed by atoms with Crippen molar-refractivity contribution in [3.8, 4) is 17.2 Å². The first-order valence-corrected chi connectivity index (χ1v) is 11.5. The van der Waals surface area contributed by atoms with Gasteiger partial charge in [0.15, 0.2) is 11.5 Å². The fourth-order valence-corrected chi connectivity index (χ4v) is 3.48. The second kappa shape index (κ2) is 12.5. The minimum atomic E-state index is -0.615. The molecule has 0 spiro atoms. The molecular weight excluding hydrogens is 530 g/mol. The van der Waals surface area contributed by atoms with Gasteiger partial charge in [-0.05, 0) is 55.5 Å². The molecule has 3 aromatic carbocycles. The number of hydrazone groups is 1. The van der Waals surface area contributed by atoms with Crippen LogP contribution in [0, 0.1) is 6.92 Å². The monoisotopic (exact) mass is 553 g/mol. The molecule has 0 atom stereocenters. The van der Waals surface area contributed by atoms with Crippen LogP contribution in [0.25, 0.3) is 0 Å². The number of rotatable bonds is 9. The van der Waals surface area contributed by atoms with Gasteiger partial charge >= 0.3 is 5.97 Å².